The molecule has 1 aromatic rings. The van der Waals surface area contributed by atoms with Crippen LogP contribution in [0.1, 0.15) is 109 Å². The Balaban J connectivity index is 3.39. The van der Waals surface area contributed by atoms with Crippen LogP contribution < -0.4 is 10.6 Å². The van der Waals surface area contributed by atoms with Crippen LogP contribution in [0.2, 0.25) is 0 Å². The summed E-state index contributed by atoms with van der Waals surface area (Å²) in [7, 11) is 0. The lowest BCUT2D eigenvalue weighted by atomic mass is 9.94. The van der Waals surface area contributed by atoms with Crippen molar-refractivity contribution in [1.82, 2.24) is 15.5 Å². The molecular weight excluding hydrogens is 498 g/mol. The normalized spacial score (nSPS) is 12.9. The highest BCUT2D eigenvalue weighted by atomic mass is 32.1. The average molecular weight is 550 g/mol. The van der Waals surface area contributed by atoms with Gasteiger partial charge in [-0.15, -0.1) is 0 Å². The summed E-state index contributed by atoms with van der Waals surface area (Å²) < 4.78 is 5.39. The van der Waals surface area contributed by atoms with Gasteiger partial charge >= 0.3 is 6.09 Å². The fraction of sp³-hybridized carbons (Fsp3) is 0.700. The zero-order valence-corrected chi connectivity index (χ0v) is 25.6. The van der Waals surface area contributed by atoms with Crippen LogP contribution in [0.3, 0.4) is 0 Å². The highest BCUT2D eigenvalue weighted by Gasteiger charge is 2.36. The molecule has 38 heavy (non-hydrogen) atoms. The Labute approximate surface area is 236 Å². The SMILES string of the molecule is CCCCCCCN(C(=O)C(CS)NC(=O)OC(C)(C)C)C(C(=O)NCCCCC)c1cccc(C)c1C. The Kier molecular flexibility index (Phi) is 15.5. The van der Waals surface area contributed by atoms with Gasteiger partial charge in [0.2, 0.25) is 11.8 Å². The quantitative estimate of drug-likeness (QED) is 0.167. The Morgan fingerprint density at radius 1 is 0.974 bits per heavy atom. The van der Waals surface area contributed by atoms with Crippen LogP contribution in [0, 0.1) is 13.8 Å². The lowest BCUT2D eigenvalue weighted by molar-refractivity contribution is -0.142. The number of ether oxygens (including phenoxy) is 1. The van der Waals surface area contributed by atoms with E-state index in [0.717, 1.165) is 68.1 Å². The smallest absolute Gasteiger partial charge is 0.408 e. The molecule has 1 rings (SSSR count). The van der Waals surface area contributed by atoms with E-state index in [9.17, 15) is 14.4 Å². The molecule has 0 aromatic heterocycles. The number of nitrogens with one attached hydrogen (secondary N) is 2. The molecule has 0 spiro atoms. The molecule has 0 saturated heterocycles. The number of rotatable bonds is 16. The molecule has 0 aliphatic carbocycles. The van der Waals surface area contributed by atoms with Crippen molar-refractivity contribution >= 4 is 30.5 Å². The molecule has 3 amide bonds. The molecule has 0 fully saturated rings. The summed E-state index contributed by atoms with van der Waals surface area (Å²) in [6, 6.07) is 4.12. The first-order chi connectivity index (χ1) is 18.0. The number of aryl methyl sites for hydroxylation is 1. The van der Waals surface area contributed by atoms with Gasteiger partial charge in [-0.25, -0.2) is 4.79 Å². The number of unbranched alkanes of at least 4 members (excludes halogenated alkanes) is 6. The molecule has 2 N–H and O–H groups in total. The molecule has 0 aliphatic heterocycles. The topological polar surface area (TPSA) is 87.7 Å². The van der Waals surface area contributed by atoms with E-state index in [4.69, 9.17) is 4.74 Å². The summed E-state index contributed by atoms with van der Waals surface area (Å²) in [6.45, 7) is 14.5. The van der Waals surface area contributed by atoms with E-state index in [2.05, 4.69) is 37.1 Å². The molecule has 0 heterocycles. The number of hydrogen-bond acceptors (Lipinski definition) is 5. The monoisotopic (exact) mass is 549 g/mol. The molecule has 0 aliphatic rings. The minimum Gasteiger partial charge on any atom is -0.444 e. The molecule has 216 valence electrons. The van der Waals surface area contributed by atoms with Gasteiger partial charge in [0.15, 0.2) is 0 Å². The Morgan fingerprint density at radius 3 is 2.21 bits per heavy atom. The third-order valence-electron chi connectivity index (χ3n) is 6.54. The summed E-state index contributed by atoms with van der Waals surface area (Å²) in [5, 5.41) is 5.76. The van der Waals surface area contributed by atoms with Gasteiger partial charge in [-0.3, -0.25) is 9.59 Å². The minimum atomic E-state index is -0.927. The number of thiol groups is 1. The van der Waals surface area contributed by atoms with Gasteiger partial charge in [0.25, 0.3) is 0 Å². The van der Waals surface area contributed by atoms with Crippen LogP contribution in [-0.4, -0.2) is 53.3 Å². The van der Waals surface area contributed by atoms with Crippen molar-refractivity contribution in [2.24, 2.45) is 0 Å². The van der Waals surface area contributed by atoms with Crippen LogP contribution in [-0.2, 0) is 14.3 Å². The number of alkyl carbamates (subject to hydrolysis) is 1. The third kappa shape index (κ3) is 11.7. The molecule has 8 heteroatoms. The fourth-order valence-corrected chi connectivity index (χ4v) is 4.54. The maximum Gasteiger partial charge on any atom is 0.408 e. The van der Waals surface area contributed by atoms with Gasteiger partial charge in [-0.2, -0.15) is 12.6 Å². The molecular formula is C30H51N3O4S. The standard InChI is InChI=1S/C30H51N3O4S/c1-8-10-12-13-15-20-33(28(35)25(21-38)32-29(36)37-30(5,6)7)26(27(34)31-19-14-11-9-2)24-18-16-17-22(3)23(24)4/h16-18,25-26,38H,8-15,19-21H2,1-7H3,(H,31,34)(H,32,36). The predicted molar refractivity (Wildman–Crippen MR) is 159 cm³/mol. The third-order valence-corrected chi connectivity index (χ3v) is 6.90. The number of amides is 3. The van der Waals surface area contributed by atoms with E-state index in [1.54, 1.807) is 25.7 Å². The predicted octanol–water partition coefficient (Wildman–Crippen LogP) is 6.27. The zero-order valence-electron chi connectivity index (χ0n) is 24.7. The second kappa shape index (κ2) is 17.4. The molecule has 7 nitrogen and oxygen atoms in total. The van der Waals surface area contributed by atoms with E-state index >= 15 is 0 Å². The summed E-state index contributed by atoms with van der Waals surface area (Å²) >= 11 is 4.38. The Bertz CT molecular complexity index is 885. The van der Waals surface area contributed by atoms with E-state index < -0.39 is 23.8 Å². The number of hydrogen-bond donors (Lipinski definition) is 3. The molecule has 2 atom stereocenters. The maximum absolute atomic E-state index is 14.0. The van der Waals surface area contributed by atoms with E-state index in [0.29, 0.717) is 13.1 Å². The first-order valence-corrected chi connectivity index (χ1v) is 14.8. The van der Waals surface area contributed by atoms with Crippen LogP contribution in [0.5, 0.6) is 0 Å². The van der Waals surface area contributed by atoms with Gasteiger partial charge in [0, 0.05) is 18.8 Å². The van der Waals surface area contributed by atoms with Crippen molar-refractivity contribution < 1.29 is 19.1 Å². The van der Waals surface area contributed by atoms with E-state index in [1.807, 2.05) is 32.0 Å². The van der Waals surface area contributed by atoms with Gasteiger partial charge in [0.05, 0.1) is 0 Å². The average Bonchev–Trinajstić information content (AvgIpc) is 2.85. The number of carbonyl (C=O) groups is 3. The van der Waals surface area contributed by atoms with Crippen LogP contribution in [0.4, 0.5) is 4.79 Å². The number of nitrogens with zero attached hydrogens (tertiary/aromatic N) is 1. The fourth-order valence-electron chi connectivity index (χ4n) is 4.29. The van der Waals surface area contributed by atoms with Crippen LogP contribution >= 0.6 is 12.6 Å². The molecule has 1 aromatic carbocycles. The van der Waals surface area contributed by atoms with Crippen LogP contribution in [0.25, 0.3) is 0 Å². The second-order valence-electron chi connectivity index (χ2n) is 11.0. The second-order valence-corrected chi connectivity index (χ2v) is 11.4. The van der Waals surface area contributed by atoms with E-state index in [1.165, 1.54) is 0 Å². The highest BCUT2D eigenvalue weighted by Crippen LogP contribution is 2.28. The summed E-state index contributed by atoms with van der Waals surface area (Å²) in [6.07, 6.45) is 7.33. The lowest BCUT2D eigenvalue weighted by Gasteiger charge is -2.35. The number of benzene rings is 1. The largest absolute Gasteiger partial charge is 0.444 e. The zero-order chi connectivity index (χ0) is 28.7. The first kappa shape index (κ1) is 33.8. The van der Waals surface area contributed by atoms with Crippen molar-refractivity contribution in [3.8, 4) is 0 Å². The van der Waals surface area contributed by atoms with Crippen molar-refractivity contribution in [3.05, 3.63) is 34.9 Å². The first-order valence-electron chi connectivity index (χ1n) is 14.2. The van der Waals surface area contributed by atoms with Crippen molar-refractivity contribution in [1.29, 1.82) is 0 Å². The van der Waals surface area contributed by atoms with Gasteiger partial charge in [0.1, 0.15) is 17.7 Å². The molecule has 0 saturated carbocycles. The molecule has 0 bridgehead atoms. The van der Waals surface area contributed by atoms with E-state index in [-0.39, 0.29) is 17.6 Å². The van der Waals surface area contributed by atoms with Crippen molar-refractivity contribution in [2.45, 2.75) is 118 Å². The Hall–Kier alpha value is -2.22. The van der Waals surface area contributed by atoms with Gasteiger partial charge < -0.3 is 20.3 Å². The minimum absolute atomic E-state index is 0.0854. The molecule has 2 unspecified atom stereocenters. The summed E-state index contributed by atoms with van der Waals surface area (Å²) in [5.74, 6) is -0.454. The lowest BCUT2D eigenvalue weighted by Crippen LogP contribution is -2.54. The van der Waals surface area contributed by atoms with Crippen LogP contribution in [0.15, 0.2) is 18.2 Å². The van der Waals surface area contributed by atoms with Gasteiger partial charge in [-0.1, -0.05) is 70.6 Å². The van der Waals surface area contributed by atoms with Crippen molar-refractivity contribution in [3.63, 3.8) is 0 Å². The number of carbonyl (C=O) groups excluding carboxylic acids is 3. The van der Waals surface area contributed by atoms with Gasteiger partial charge in [-0.05, 0) is 64.2 Å². The highest BCUT2D eigenvalue weighted by molar-refractivity contribution is 7.80. The van der Waals surface area contributed by atoms with Crippen molar-refractivity contribution in [2.75, 3.05) is 18.8 Å². The maximum atomic E-state index is 14.0. The summed E-state index contributed by atoms with van der Waals surface area (Å²) in [5.41, 5.74) is 2.13. The summed E-state index contributed by atoms with van der Waals surface area (Å²) in [4.78, 5) is 41.9. The Morgan fingerprint density at radius 2 is 1.61 bits per heavy atom. The molecule has 0 radical (unpaired) electrons.